The first-order valence-corrected chi connectivity index (χ1v) is 18.7. The SMILES string of the molecule is CN1CCC[C@@]1(C)c1nnc2ccc(O[C@@H]3CC[C@H](CNC(=O)Nc4cc(N5CCN(C(=O)C(F)(F)F)CC5)cc(C(C)(C)C)c4)c4ccccc43)cn12. The van der Waals surface area contributed by atoms with Crippen molar-refractivity contribution in [2.75, 3.05) is 56.5 Å². The number of rotatable bonds is 7. The maximum atomic E-state index is 13.4. The van der Waals surface area contributed by atoms with E-state index in [-0.39, 0.29) is 55.2 Å². The number of carbonyl (C=O) groups excluding carboxylic acids is 2. The number of anilines is 2. The van der Waals surface area contributed by atoms with Gasteiger partial charge in [0, 0.05) is 50.0 Å². The number of urea groups is 1. The van der Waals surface area contributed by atoms with Crippen molar-refractivity contribution in [3.05, 3.63) is 83.3 Å². The summed E-state index contributed by atoms with van der Waals surface area (Å²) in [6.45, 7) is 10.3. The summed E-state index contributed by atoms with van der Waals surface area (Å²) in [5.41, 5.74) is 4.91. The molecule has 7 rings (SSSR count). The van der Waals surface area contributed by atoms with Crippen molar-refractivity contribution < 1.29 is 27.5 Å². The highest BCUT2D eigenvalue weighted by Crippen LogP contribution is 2.41. The van der Waals surface area contributed by atoms with Crippen LogP contribution in [0, 0.1) is 0 Å². The van der Waals surface area contributed by atoms with E-state index in [9.17, 15) is 22.8 Å². The third kappa shape index (κ3) is 7.57. The number of ether oxygens (including phenoxy) is 1. The smallest absolute Gasteiger partial charge is 0.471 e. The van der Waals surface area contributed by atoms with Crippen molar-refractivity contribution in [3.8, 4) is 5.75 Å². The summed E-state index contributed by atoms with van der Waals surface area (Å²) in [5.74, 6) is -0.0618. The van der Waals surface area contributed by atoms with Gasteiger partial charge >= 0.3 is 18.1 Å². The van der Waals surface area contributed by atoms with Crippen LogP contribution in [0.3, 0.4) is 0 Å². The van der Waals surface area contributed by atoms with E-state index in [2.05, 4.69) is 77.0 Å². The minimum absolute atomic E-state index is 0.0361. The van der Waals surface area contributed by atoms with Gasteiger partial charge in [0.1, 0.15) is 11.9 Å². The minimum Gasteiger partial charge on any atom is -0.484 e. The van der Waals surface area contributed by atoms with Gasteiger partial charge in [0.2, 0.25) is 0 Å². The summed E-state index contributed by atoms with van der Waals surface area (Å²) in [4.78, 5) is 30.3. The van der Waals surface area contributed by atoms with Gasteiger partial charge in [-0.1, -0.05) is 45.0 Å². The van der Waals surface area contributed by atoms with Crippen LogP contribution < -0.4 is 20.3 Å². The fourth-order valence-electron chi connectivity index (χ4n) is 8.06. The number of hydrogen-bond acceptors (Lipinski definition) is 7. The van der Waals surface area contributed by atoms with Crippen LogP contribution in [0.2, 0.25) is 0 Å². The van der Waals surface area contributed by atoms with E-state index in [1.807, 2.05) is 53.6 Å². The number of likely N-dealkylation sites (tertiary alicyclic amines) is 1. The second kappa shape index (κ2) is 14.4. The second-order valence-electron chi connectivity index (χ2n) is 16.1. The second-order valence-corrected chi connectivity index (χ2v) is 16.1. The number of carbonyl (C=O) groups is 2. The topological polar surface area (TPSA) is 107 Å². The normalized spacial score (nSPS) is 22.3. The molecule has 3 amide bonds. The molecule has 0 bridgehead atoms. The average Bonchev–Trinajstić information content (AvgIpc) is 3.72. The van der Waals surface area contributed by atoms with E-state index < -0.39 is 12.1 Å². The zero-order valence-corrected chi connectivity index (χ0v) is 31.5. The quantitative estimate of drug-likeness (QED) is 0.210. The molecule has 2 N–H and O–H groups in total. The first kappa shape index (κ1) is 37.5. The van der Waals surface area contributed by atoms with Gasteiger partial charge in [-0.15, -0.1) is 10.2 Å². The molecule has 2 aromatic heterocycles. The lowest BCUT2D eigenvalue weighted by Crippen LogP contribution is -2.52. The summed E-state index contributed by atoms with van der Waals surface area (Å²) in [5, 5.41) is 15.1. The highest BCUT2D eigenvalue weighted by atomic mass is 19.4. The molecule has 4 aromatic rings. The Hall–Kier alpha value is -4.85. The van der Waals surface area contributed by atoms with Crippen molar-refractivity contribution in [3.63, 3.8) is 0 Å². The summed E-state index contributed by atoms with van der Waals surface area (Å²) in [6.07, 6.45) is 0.675. The van der Waals surface area contributed by atoms with Crippen LogP contribution in [0.15, 0.2) is 60.8 Å². The molecular formula is C40H49F3N8O3. The van der Waals surface area contributed by atoms with E-state index in [0.29, 0.717) is 12.2 Å². The van der Waals surface area contributed by atoms with Gasteiger partial charge in [-0.3, -0.25) is 14.1 Å². The Morgan fingerprint density at radius 3 is 2.37 bits per heavy atom. The number of nitrogens with zero attached hydrogens (tertiary/aromatic N) is 6. The molecular weight excluding hydrogens is 697 g/mol. The molecule has 2 fully saturated rings. The number of pyridine rings is 1. The Bertz CT molecular complexity index is 2020. The Labute approximate surface area is 313 Å². The lowest BCUT2D eigenvalue weighted by Gasteiger charge is -2.37. The van der Waals surface area contributed by atoms with Gasteiger partial charge in [-0.25, -0.2) is 4.79 Å². The third-order valence-electron chi connectivity index (χ3n) is 11.4. The van der Waals surface area contributed by atoms with Crippen LogP contribution in [-0.4, -0.2) is 88.8 Å². The molecule has 2 saturated heterocycles. The summed E-state index contributed by atoms with van der Waals surface area (Å²) < 4.78 is 47.7. The van der Waals surface area contributed by atoms with Gasteiger partial charge < -0.3 is 25.2 Å². The molecule has 11 nitrogen and oxygen atoms in total. The highest BCUT2D eigenvalue weighted by molar-refractivity contribution is 5.90. The molecule has 0 radical (unpaired) electrons. The Morgan fingerprint density at radius 1 is 0.944 bits per heavy atom. The summed E-state index contributed by atoms with van der Waals surface area (Å²) in [6, 6.07) is 17.6. The number of fused-ring (bicyclic) bond motifs is 2. The molecule has 0 saturated carbocycles. The third-order valence-corrected chi connectivity index (χ3v) is 11.4. The van der Waals surface area contributed by atoms with Crippen molar-refractivity contribution in [1.82, 2.24) is 29.7 Å². The van der Waals surface area contributed by atoms with Crippen molar-refractivity contribution >= 4 is 29.0 Å². The van der Waals surface area contributed by atoms with E-state index in [1.54, 1.807) is 0 Å². The number of piperazine rings is 1. The molecule has 54 heavy (non-hydrogen) atoms. The minimum atomic E-state index is -4.89. The summed E-state index contributed by atoms with van der Waals surface area (Å²) in [7, 11) is 2.13. The standard InChI is InChI=1S/C40H49F3N8O3/c1-38(2,3)27-21-28(23-29(22-27)49-17-19-50(20-18-49)36(52)40(41,42)43)45-37(53)44-24-26-11-13-33(32-10-7-6-9-31(26)32)54-30-12-14-34-46-47-35(51(34)25-30)39(4)15-8-16-48(39)5/h6-7,9-10,12,14,21-23,25-26,33H,8,11,13,15-20,24H2,1-5H3,(H2,44,45,53)/t26-,33-,39+/m1/s1. The maximum Gasteiger partial charge on any atom is 0.471 e. The van der Waals surface area contributed by atoms with Crippen molar-refractivity contribution in [2.45, 2.75) is 82.5 Å². The predicted octanol–water partition coefficient (Wildman–Crippen LogP) is 7.00. The van der Waals surface area contributed by atoms with Crippen LogP contribution in [0.25, 0.3) is 5.65 Å². The molecule has 3 aliphatic rings. The van der Waals surface area contributed by atoms with E-state index in [4.69, 9.17) is 4.74 Å². The van der Waals surface area contributed by atoms with Crippen LogP contribution in [0.4, 0.5) is 29.3 Å². The fraction of sp³-hybridized carbons (Fsp3) is 0.500. The van der Waals surface area contributed by atoms with Crippen molar-refractivity contribution in [1.29, 1.82) is 0 Å². The molecule has 1 aliphatic carbocycles. The lowest BCUT2D eigenvalue weighted by molar-refractivity contribution is -0.185. The molecule has 288 valence electrons. The predicted molar refractivity (Wildman–Crippen MR) is 201 cm³/mol. The molecule has 3 atom stereocenters. The zero-order chi connectivity index (χ0) is 38.4. The molecule has 4 heterocycles. The van der Waals surface area contributed by atoms with Crippen LogP contribution in [0.1, 0.15) is 87.9 Å². The number of amides is 3. The average molecular weight is 747 g/mol. The summed E-state index contributed by atoms with van der Waals surface area (Å²) >= 11 is 0. The van der Waals surface area contributed by atoms with E-state index >= 15 is 0 Å². The number of aromatic nitrogens is 3. The molecule has 14 heteroatoms. The lowest BCUT2D eigenvalue weighted by atomic mass is 9.81. The van der Waals surface area contributed by atoms with Gasteiger partial charge in [-0.2, -0.15) is 13.2 Å². The monoisotopic (exact) mass is 746 g/mol. The largest absolute Gasteiger partial charge is 0.484 e. The highest BCUT2D eigenvalue weighted by Gasteiger charge is 2.43. The van der Waals surface area contributed by atoms with Crippen LogP contribution in [0.5, 0.6) is 5.75 Å². The molecule has 2 aromatic carbocycles. The van der Waals surface area contributed by atoms with E-state index in [0.717, 1.165) is 76.7 Å². The molecule has 0 spiro atoms. The Morgan fingerprint density at radius 2 is 1.69 bits per heavy atom. The molecule has 0 unspecified atom stereocenters. The van der Waals surface area contributed by atoms with Gasteiger partial charge in [0.05, 0.1) is 11.7 Å². The van der Waals surface area contributed by atoms with E-state index in [1.165, 1.54) is 0 Å². The Balaban J connectivity index is 1.01. The fourth-order valence-corrected chi connectivity index (χ4v) is 8.06. The van der Waals surface area contributed by atoms with Crippen molar-refractivity contribution in [2.24, 2.45) is 0 Å². The van der Waals surface area contributed by atoms with Gasteiger partial charge in [-0.05, 0) is 98.6 Å². The Kier molecular flexibility index (Phi) is 10.0. The first-order valence-electron chi connectivity index (χ1n) is 18.7. The molecule has 2 aliphatic heterocycles. The first-order chi connectivity index (χ1) is 25.6. The number of nitrogens with one attached hydrogen (secondary N) is 2. The number of alkyl halides is 3. The number of benzene rings is 2. The van der Waals surface area contributed by atoms with Gasteiger partial charge in [0.25, 0.3) is 0 Å². The maximum absolute atomic E-state index is 13.4. The number of halogens is 3. The number of hydrogen-bond donors (Lipinski definition) is 2. The van der Waals surface area contributed by atoms with Crippen LogP contribution >= 0.6 is 0 Å². The van der Waals surface area contributed by atoms with Gasteiger partial charge in [0.15, 0.2) is 11.5 Å². The zero-order valence-electron chi connectivity index (χ0n) is 31.5. The van der Waals surface area contributed by atoms with Crippen LogP contribution in [-0.2, 0) is 15.7 Å².